The van der Waals surface area contributed by atoms with Gasteiger partial charge in [-0.05, 0) is 0 Å². The first kappa shape index (κ1) is 16.7. The summed E-state index contributed by atoms with van der Waals surface area (Å²) in [4.78, 5) is 2.28. The molecule has 1 N–H and O–H groups in total. The van der Waals surface area contributed by atoms with Crippen molar-refractivity contribution in [2.45, 2.75) is 64.4 Å². The number of ether oxygens (including phenoxy) is 2. The summed E-state index contributed by atoms with van der Waals surface area (Å²) in [5.41, 5.74) is 0. The minimum absolute atomic E-state index is 0.195. The van der Waals surface area contributed by atoms with Crippen LogP contribution >= 0.6 is 0 Å². The molecule has 0 aromatic rings. The van der Waals surface area contributed by atoms with Gasteiger partial charge in [0, 0.05) is 0 Å². The molecule has 0 aromatic heterocycles. The van der Waals surface area contributed by atoms with Crippen LogP contribution in [0, 0.1) is 5.92 Å². The van der Waals surface area contributed by atoms with E-state index in [9.17, 15) is 5.11 Å². The first-order valence-electron chi connectivity index (χ1n) is 7.11. The fraction of sp³-hybridized carbons (Fsp3) is 1.00. The molecule has 1 unspecified atom stereocenters. The quantitative estimate of drug-likeness (QED) is 0.352. The molecule has 4 atom stereocenters. The van der Waals surface area contributed by atoms with Gasteiger partial charge in [0.05, 0.1) is 0 Å². The maximum absolute atomic E-state index is 9.83. The van der Waals surface area contributed by atoms with Crippen LogP contribution in [0.5, 0.6) is 0 Å². The first-order valence-corrected chi connectivity index (χ1v) is 10.8. The summed E-state index contributed by atoms with van der Waals surface area (Å²) in [6.45, 7) is 5.21. The number of aliphatic hydroxyl groups is 1. The second-order valence-electron chi connectivity index (χ2n) is 5.00. The average molecular weight is 371 g/mol. The van der Waals surface area contributed by atoms with Crippen molar-refractivity contribution in [2.24, 2.45) is 5.92 Å². The van der Waals surface area contributed by atoms with Crippen LogP contribution in [0.15, 0.2) is 0 Å². The minimum atomic E-state index is -0.620. The van der Waals surface area contributed by atoms with E-state index in [0.29, 0.717) is 12.3 Å². The Kier molecular flexibility index (Phi) is 8.80. The number of alkyl halides is 2. The molecule has 1 aliphatic heterocycles. The van der Waals surface area contributed by atoms with Crippen LogP contribution < -0.4 is 21.2 Å². The van der Waals surface area contributed by atoms with Crippen molar-refractivity contribution in [3.05, 3.63) is 0 Å². The van der Waals surface area contributed by atoms with Crippen LogP contribution in [0.1, 0.15) is 46.0 Å². The summed E-state index contributed by atoms with van der Waals surface area (Å²) in [6, 6.07) is 0. The average Bonchev–Trinajstić information content (AvgIpc) is 2.34. The molecule has 1 heterocycles. The van der Waals surface area contributed by atoms with Crippen molar-refractivity contribution in [3.63, 3.8) is 0 Å². The van der Waals surface area contributed by atoms with Gasteiger partial charge in [0.25, 0.3) is 0 Å². The van der Waals surface area contributed by atoms with Crippen LogP contribution in [0.3, 0.4) is 0 Å². The molecule has 0 spiro atoms. The number of hydrogen-bond acceptors (Lipinski definition) is 3. The van der Waals surface area contributed by atoms with E-state index in [-0.39, 0.29) is 33.4 Å². The SMILES string of the molecule is CCCCO[C@@H]1CC(O)O[C@H](C[I-]C)[C@H]1CCC. The standard InChI is InChI=1S/C14H28IO3/c1-4-6-8-17-12-9-14(16)18-13(10-15-3)11(12)7-5-2/h11-14,16H,4-10H2,1-3H3/q-1/t11-,12+,13+,14?/m0/s1. The first-order chi connectivity index (χ1) is 8.72. The Balaban J connectivity index is 2.57. The van der Waals surface area contributed by atoms with Gasteiger partial charge in [0.2, 0.25) is 0 Å². The number of unbranched alkanes of at least 4 members (excludes halogenated alkanes) is 1. The summed E-state index contributed by atoms with van der Waals surface area (Å²) < 4.78 is 12.9. The van der Waals surface area contributed by atoms with Crippen LogP contribution in [0.2, 0.25) is 0 Å². The molecule has 0 aromatic carbocycles. The van der Waals surface area contributed by atoms with Gasteiger partial charge in [-0.25, -0.2) is 0 Å². The number of halogens is 1. The zero-order chi connectivity index (χ0) is 13.4. The van der Waals surface area contributed by atoms with Crippen molar-refractivity contribution >= 4 is 0 Å². The third-order valence-electron chi connectivity index (χ3n) is 3.48. The van der Waals surface area contributed by atoms with Gasteiger partial charge >= 0.3 is 122 Å². The Morgan fingerprint density at radius 1 is 1.33 bits per heavy atom. The van der Waals surface area contributed by atoms with E-state index in [4.69, 9.17) is 9.47 Å². The molecule has 0 bridgehead atoms. The van der Waals surface area contributed by atoms with Gasteiger partial charge in [-0.3, -0.25) is 0 Å². The van der Waals surface area contributed by atoms with E-state index < -0.39 is 6.29 Å². The fourth-order valence-electron chi connectivity index (χ4n) is 2.55. The topological polar surface area (TPSA) is 38.7 Å². The normalized spacial score (nSPS) is 32.9. The van der Waals surface area contributed by atoms with Gasteiger partial charge in [0.15, 0.2) is 0 Å². The molecule has 1 aliphatic rings. The predicted octanol–water partition coefficient (Wildman–Crippen LogP) is -0.586. The summed E-state index contributed by atoms with van der Waals surface area (Å²) >= 11 is 0.196. The van der Waals surface area contributed by atoms with E-state index in [0.717, 1.165) is 36.7 Å². The van der Waals surface area contributed by atoms with Gasteiger partial charge in [-0.2, -0.15) is 0 Å². The predicted molar refractivity (Wildman–Crippen MR) is 69.3 cm³/mol. The Morgan fingerprint density at radius 3 is 2.72 bits per heavy atom. The molecule has 3 nitrogen and oxygen atoms in total. The van der Waals surface area contributed by atoms with Crippen molar-refractivity contribution in [1.82, 2.24) is 0 Å². The van der Waals surface area contributed by atoms with Crippen molar-refractivity contribution in [3.8, 4) is 0 Å². The molecule has 1 fully saturated rings. The maximum atomic E-state index is 9.83. The summed E-state index contributed by atoms with van der Waals surface area (Å²) in [5.74, 6) is 0.481. The molecule has 0 saturated carbocycles. The molecule has 110 valence electrons. The number of aliphatic hydroxyl groups excluding tert-OH is 1. The van der Waals surface area contributed by atoms with Crippen molar-refractivity contribution < 1.29 is 35.8 Å². The molecular formula is C14H28IO3-. The van der Waals surface area contributed by atoms with E-state index in [1.807, 2.05) is 0 Å². The van der Waals surface area contributed by atoms with Crippen LogP contribution in [0.4, 0.5) is 0 Å². The monoisotopic (exact) mass is 371 g/mol. The number of hydrogen-bond donors (Lipinski definition) is 1. The Hall–Kier alpha value is 0.610. The van der Waals surface area contributed by atoms with Crippen LogP contribution in [0.25, 0.3) is 0 Å². The summed E-state index contributed by atoms with van der Waals surface area (Å²) in [6.07, 6.45) is 5.02. The third-order valence-corrected chi connectivity index (χ3v) is 5.23. The Bertz CT molecular complexity index is 213. The second-order valence-corrected chi connectivity index (χ2v) is 7.41. The second kappa shape index (κ2) is 9.50. The van der Waals surface area contributed by atoms with Gasteiger partial charge in [-0.1, -0.05) is 0 Å². The third kappa shape index (κ3) is 5.31. The molecular weight excluding hydrogens is 343 g/mol. The van der Waals surface area contributed by atoms with E-state index in [1.54, 1.807) is 0 Å². The summed E-state index contributed by atoms with van der Waals surface area (Å²) in [7, 11) is 0. The molecule has 1 saturated heterocycles. The Labute approximate surface area is 122 Å². The van der Waals surface area contributed by atoms with Gasteiger partial charge in [-0.15, -0.1) is 0 Å². The Morgan fingerprint density at radius 2 is 2.11 bits per heavy atom. The van der Waals surface area contributed by atoms with Gasteiger partial charge < -0.3 is 0 Å². The van der Waals surface area contributed by atoms with Crippen molar-refractivity contribution in [1.29, 1.82) is 0 Å². The van der Waals surface area contributed by atoms with Crippen LogP contribution in [-0.4, -0.2) is 39.6 Å². The zero-order valence-corrected chi connectivity index (χ0v) is 14.1. The fourth-order valence-corrected chi connectivity index (χ4v) is 4.28. The van der Waals surface area contributed by atoms with Gasteiger partial charge in [0.1, 0.15) is 0 Å². The van der Waals surface area contributed by atoms with Crippen molar-refractivity contribution in [2.75, 3.05) is 16.0 Å². The number of rotatable bonds is 8. The molecule has 1 rings (SSSR count). The zero-order valence-electron chi connectivity index (χ0n) is 11.9. The van der Waals surface area contributed by atoms with E-state index in [1.165, 1.54) is 0 Å². The molecule has 4 heteroatoms. The van der Waals surface area contributed by atoms with E-state index in [2.05, 4.69) is 18.8 Å². The molecule has 0 amide bonds. The molecule has 0 aliphatic carbocycles. The molecule has 0 radical (unpaired) electrons. The van der Waals surface area contributed by atoms with E-state index >= 15 is 0 Å². The van der Waals surface area contributed by atoms with Crippen LogP contribution in [-0.2, 0) is 9.47 Å². The molecule has 18 heavy (non-hydrogen) atoms. The summed E-state index contributed by atoms with van der Waals surface area (Å²) in [5, 5.41) is 9.83.